The van der Waals surface area contributed by atoms with Crippen LogP contribution in [-0.4, -0.2) is 12.6 Å². The first-order chi connectivity index (χ1) is 8.68. The normalized spacial score (nSPS) is 8.22. The molecule has 104 valence electrons. The molecule has 0 aliphatic carbocycles. The predicted octanol–water partition coefficient (Wildman–Crippen LogP) is 4.84. The highest BCUT2D eigenvalue weighted by molar-refractivity contribution is 5.65. The van der Waals surface area contributed by atoms with Crippen molar-refractivity contribution in [1.29, 1.82) is 0 Å². The standard InChI is InChI=1S/C6H6.C6H14.C4H8O2/c1-2-4-6-5-3-1;1-3-5-6-4-2;1-3-6-4(2)5/h1-6H;3-6H2,1-2H3;3H2,1-2H3. The lowest BCUT2D eigenvalue weighted by Crippen LogP contribution is -1.95. The molecule has 18 heavy (non-hydrogen) atoms. The highest BCUT2D eigenvalue weighted by Crippen LogP contribution is 1.95. The number of rotatable bonds is 4. The van der Waals surface area contributed by atoms with E-state index in [-0.39, 0.29) is 5.97 Å². The molecular formula is C16H28O2. The van der Waals surface area contributed by atoms with E-state index in [1.165, 1.54) is 32.6 Å². The van der Waals surface area contributed by atoms with Gasteiger partial charge in [0.15, 0.2) is 0 Å². The van der Waals surface area contributed by atoms with E-state index < -0.39 is 0 Å². The lowest BCUT2D eigenvalue weighted by Gasteiger charge is -1.89. The first-order valence-electron chi connectivity index (χ1n) is 6.82. The molecule has 2 heteroatoms. The van der Waals surface area contributed by atoms with Crippen LogP contribution in [0.1, 0.15) is 53.4 Å². The number of carbonyl (C=O) groups excluding carboxylic acids is 1. The van der Waals surface area contributed by atoms with Crippen LogP contribution in [0.15, 0.2) is 36.4 Å². The third-order valence-electron chi connectivity index (χ3n) is 1.97. The molecule has 1 aromatic rings. The van der Waals surface area contributed by atoms with Gasteiger partial charge in [0, 0.05) is 6.92 Å². The predicted molar refractivity (Wildman–Crippen MR) is 78.6 cm³/mol. The van der Waals surface area contributed by atoms with Gasteiger partial charge >= 0.3 is 5.97 Å². The molecule has 0 saturated carbocycles. The number of esters is 1. The second kappa shape index (κ2) is 18.1. The van der Waals surface area contributed by atoms with Crippen LogP contribution in [0.5, 0.6) is 0 Å². The molecule has 0 aliphatic rings. The van der Waals surface area contributed by atoms with Crippen LogP contribution in [0.25, 0.3) is 0 Å². The third kappa shape index (κ3) is 24.1. The summed E-state index contributed by atoms with van der Waals surface area (Å²) in [6, 6.07) is 12.0. The molecule has 0 aliphatic heterocycles. The van der Waals surface area contributed by atoms with Crippen LogP contribution in [0.2, 0.25) is 0 Å². The van der Waals surface area contributed by atoms with E-state index in [2.05, 4.69) is 18.6 Å². The van der Waals surface area contributed by atoms with Crippen LogP contribution in [0.3, 0.4) is 0 Å². The van der Waals surface area contributed by atoms with Crippen molar-refractivity contribution in [3.8, 4) is 0 Å². The fourth-order valence-electron chi connectivity index (χ4n) is 1.09. The van der Waals surface area contributed by atoms with E-state index in [4.69, 9.17) is 0 Å². The lowest BCUT2D eigenvalue weighted by molar-refractivity contribution is -0.140. The molecule has 0 radical (unpaired) electrons. The molecule has 1 rings (SSSR count). The molecule has 0 atom stereocenters. The Morgan fingerprint density at radius 3 is 1.28 bits per heavy atom. The van der Waals surface area contributed by atoms with Crippen LogP contribution >= 0.6 is 0 Å². The van der Waals surface area contributed by atoms with E-state index in [0.29, 0.717) is 6.61 Å². The average Bonchev–Trinajstić information content (AvgIpc) is 2.39. The van der Waals surface area contributed by atoms with Gasteiger partial charge in [-0.2, -0.15) is 0 Å². The largest absolute Gasteiger partial charge is 0.466 e. The van der Waals surface area contributed by atoms with Gasteiger partial charge in [0.05, 0.1) is 6.61 Å². The summed E-state index contributed by atoms with van der Waals surface area (Å²) in [5.74, 6) is -0.211. The summed E-state index contributed by atoms with van der Waals surface area (Å²) in [5, 5.41) is 0. The average molecular weight is 252 g/mol. The maximum absolute atomic E-state index is 9.82. The minimum Gasteiger partial charge on any atom is -0.466 e. The Hall–Kier alpha value is -1.31. The SMILES string of the molecule is CCCCCC.CCOC(C)=O.c1ccccc1. The van der Waals surface area contributed by atoms with Crippen LogP contribution in [-0.2, 0) is 9.53 Å². The Labute approximate surface area is 112 Å². The van der Waals surface area contributed by atoms with Gasteiger partial charge < -0.3 is 4.74 Å². The molecule has 1 aromatic carbocycles. The molecule has 0 amide bonds. The highest BCUT2D eigenvalue weighted by atomic mass is 16.5. The van der Waals surface area contributed by atoms with E-state index >= 15 is 0 Å². The summed E-state index contributed by atoms with van der Waals surface area (Å²) >= 11 is 0. The van der Waals surface area contributed by atoms with Crippen molar-refractivity contribution in [3.63, 3.8) is 0 Å². The molecule has 0 aromatic heterocycles. The van der Waals surface area contributed by atoms with E-state index in [1.54, 1.807) is 6.92 Å². The van der Waals surface area contributed by atoms with Crippen molar-refractivity contribution in [3.05, 3.63) is 36.4 Å². The Morgan fingerprint density at radius 1 is 0.833 bits per heavy atom. The van der Waals surface area contributed by atoms with Gasteiger partial charge in [-0.05, 0) is 6.92 Å². The summed E-state index contributed by atoms with van der Waals surface area (Å²) in [6.45, 7) is 8.12. The smallest absolute Gasteiger partial charge is 0.302 e. The topological polar surface area (TPSA) is 26.3 Å². The van der Waals surface area contributed by atoms with Gasteiger partial charge in [0.25, 0.3) is 0 Å². The Balaban J connectivity index is 0. The number of carbonyl (C=O) groups is 1. The zero-order valence-electron chi connectivity index (χ0n) is 12.3. The minimum absolute atomic E-state index is 0.211. The number of benzene rings is 1. The number of hydrogen-bond acceptors (Lipinski definition) is 2. The van der Waals surface area contributed by atoms with Crippen molar-refractivity contribution < 1.29 is 9.53 Å². The van der Waals surface area contributed by atoms with Crippen molar-refractivity contribution in [2.45, 2.75) is 53.4 Å². The number of ether oxygens (including phenoxy) is 1. The monoisotopic (exact) mass is 252 g/mol. The fraction of sp³-hybridized carbons (Fsp3) is 0.562. The zero-order chi connectivity index (χ0) is 14.1. The first-order valence-corrected chi connectivity index (χ1v) is 6.82. The minimum atomic E-state index is -0.211. The second-order valence-electron chi connectivity index (χ2n) is 3.79. The first kappa shape index (κ1) is 19.0. The van der Waals surface area contributed by atoms with Crippen molar-refractivity contribution in [2.75, 3.05) is 6.61 Å². The maximum atomic E-state index is 9.82. The summed E-state index contributed by atoms with van der Waals surface area (Å²) in [7, 11) is 0. The second-order valence-corrected chi connectivity index (χ2v) is 3.79. The van der Waals surface area contributed by atoms with Gasteiger partial charge in [0.2, 0.25) is 0 Å². The molecule has 0 saturated heterocycles. The summed E-state index contributed by atoms with van der Waals surface area (Å²) < 4.78 is 4.40. The Kier molecular flexibility index (Phi) is 19.1. The summed E-state index contributed by atoms with van der Waals surface area (Å²) in [6.07, 6.45) is 5.54. The molecular weight excluding hydrogens is 224 g/mol. The molecule has 0 bridgehead atoms. The van der Waals surface area contributed by atoms with Gasteiger partial charge in [-0.1, -0.05) is 75.9 Å². The van der Waals surface area contributed by atoms with Crippen molar-refractivity contribution >= 4 is 5.97 Å². The molecule has 2 nitrogen and oxygen atoms in total. The molecule has 0 heterocycles. The highest BCUT2D eigenvalue weighted by Gasteiger charge is 1.81. The van der Waals surface area contributed by atoms with E-state index in [1.807, 2.05) is 36.4 Å². The fourth-order valence-corrected chi connectivity index (χ4v) is 1.09. The quantitative estimate of drug-likeness (QED) is 0.566. The lowest BCUT2D eigenvalue weighted by atomic mass is 10.2. The Morgan fingerprint density at radius 2 is 1.17 bits per heavy atom. The van der Waals surface area contributed by atoms with Crippen LogP contribution < -0.4 is 0 Å². The van der Waals surface area contributed by atoms with E-state index in [9.17, 15) is 4.79 Å². The van der Waals surface area contributed by atoms with Gasteiger partial charge in [-0.25, -0.2) is 0 Å². The van der Waals surface area contributed by atoms with Crippen LogP contribution in [0.4, 0.5) is 0 Å². The third-order valence-corrected chi connectivity index (χ3v) is 1.97. The molecule has 0 unspecified atom stereocenters. The number of hydrogen-bond donors (Lipinski definition) is 0. The summed E-state index contributed by atoms with van der Waals surface area (Å²) in [4.78, 5) is 9.82. The van der Waals surface area contributed by atoms with Gasteiger partial charge in [-0.15, -0.1) is 0 Å². The molecule has 0 spiro atoms. The van der Waals surface area contributed by atoms with Gasteiger partial charge in [-0.3, -0.25) is 4.79 Å². The molecule has 0 fully saturated rings. The molecule has 0 N–H and O–H groups in total. The Bertz CT molecular complexity index is 214. The zero-order valence-corrected chi connectivity index (χ0v) is 12.3. The van der Waals surface area contributed by atoms with E-state index in [0.717, 1.165) is 0 Å². The van der Waals surface area contributed by atoms with Crippen molar-refractivity contribution in [1.82, 2.24) is 0 Å². The van der Waals surface area contributed by atoms with Gasteiger partial charge in [0.1, 0.15) is 0 Å². The van der Waals surface area contributed by atoms with Crippen molar-refractivity contribution in [2.24, 2.45) is 0 Å². The van der Waals surface area contributed by atoms with Crippen LogP contribution in [0, 0.1) is 0 Å². The number of unbranched alkanes of at least 4 members (excludes halogenated alkanes) is 3. The summed E-state index contributed by atoms with van der Waals surface area (Å²) in [5.41, 5.74) is 0. The maximum Gasteiger partial charge on any atom is 0.302 e.